The van der Waals surface area contributed by atoms with Crippen molar-refractivity contribution < 1.29 is 14.6 Å². The van der Waals surface area contributed by atoms with Crippen LogP contribution in [0.3, 0.4) is 0 Å². The van der Waals surface area contributed by atoms with Gasteiger partial charge in [0.1, 0.15) is 0 Å². The molecule has 0 spiro atoms. The number of hydrogen-bond acceptors (Lipinski definition) is 6. The van der Waals surface area contributed by atoms with Crippen LogP contribution in [0.5, 0.6) is 0 Å². The van der Waals surface area contributed by atoms with E-state index in [1.807, 2.05) is 43.4 Å². The normalized spacial score (nSPS) is 15.3. The zero-order chi connectivity index (χ0) is 30.8. The van der Waals surface area contributed by atoms with Crippen molar-refractivity contribution in [2.24, 2.45) is 14.1 Å². The van der Waals surface area contributed by atoms with Crippen LogP contribution in [0.2, 0.25) is 5.02 Å². The van der Waals surface area contributed by atoms with Gasteiger partial charge in [0.25, 0.3) is 11.5 Å². The number of amides is 1. The highest BCUT2D eigenvalue weighted by atomic mass is 35.5. The molecule has 1 aliphatic heterocycles. The van der Waals surface area contributed by atoms with Crippen molar-refractivity contribution in [2.45, 2.75) is 5.60 Å². The van der Waals surface area contributed by atoms with E-state index in [1.54, 1.807) is 65.1 Å². The minimum Gasteiger partial charge on any atom is -0.379 e. The van der Waals surface area contributed by atoms with E-state index in [0.29, 0.717) is 58.2 Å². The maximum absolute atomic E-state index is 12.9. The number of carbonyl (C=O) groups is 1. The van der Waals surface area contributed by atoms with E-state index in [-0.39, 0.29) is 11.5 Å². The lowest BCUT2D eigenvalue weighted by atomic mass is 9.82. The molecule has 2 N–H and O–H groups in total. The Hall–Kier alpha value is -4.28. The first-order valence-corrected chi connectivity index (χ1v) is 14.9. The minimum atomic E-state index is -1.62. The van der Waals surface area contributed by atoms with E-state index in [0.717, 1.165) is 30.6 Å². The number of benzene rings is 3. The Kier molecular flexibility index (Phi) is 8.38. The van der Waals surface area contributed by atoms with Crippen LogP contribution >= 0.6 is 11.6 Å². The van der Waals surface area contributed by atoms with Crippen molar-refractivity contribution in [3.05, 3.63) is 123 Å². The van der Waals surface area contributed by atoms with E-state index in [4.69, 9.17) is 16.3 Å². The third kappa shape index (κ3) is 5.67. The van der Waals surface area contributed by atoms with Crippen LogP contribution in [0.1, 0.15) is 27.2 Å². The standard InChI is InChI=1S/C34H34ClN5O4/c1-38-22-36-21-31(38)34(43,25-8-6-23(7-9-25)33(42)37-12-13-40-14-16-44-17-15-40)26-10-11-30-29(19-26)28(20-32(41)39(30)2)24-4-3-5-27(35)18-24/h3-11,18-22,43H,12-17H2,1-2H3,(H,37,42). The molecular formula is C34H34ClN5O4. The number of aryl methyl sites for hydroxylation is 2. The summed E-state index contributed by atoms with van der Waals surface area (Å²) in [5.41, 5.74) is 2.65. The summed E-state index contributed by atoms with van der Waals surface area (Å²) in [5, 5.41) is 17.0. The van der Waals surface area contributed by atoms with Crippen LogP contribution in [-0.4, -0.2) is 69.4 Å². The molecule has 10 heteroatoms. The Morgan fingerprint density at radius 1 is 1.02 bits per heavy atom. The largest absolute Gasteiger partial charge is 0.379 e. The van der Waals surface area contributed by atoms with Gasteiger partial charge in [-0.2, -0.15) is 0 Å². The first-order chi connectivity index (χ1) is 21.3. The number of hydrogen-bond donors (Lipinski definition) is 2. The lowest BCUT2D eigenvalue weighted by Gasteiger charge is -2.30. The summed E-state index contributed by atoms with van der Waals surface area (Å²) in [7, 11) is 3.55. The Balaban J connectivity index is 1.38. The smallest absolute Gasteiger partial charge is 0.251 e. The van der Waals surface area contributed by atoms with Crippen LogP contribution in [-0.2, 0) is 24.4 Å². The number of carbonyl (C=O) groups excluding carboxylic acids is 1. The second-order valence-electron chi connectivity index (χ2n) is 11.1. The van der Waals surface area contributed by atoms with Crippen molar-refractivity contribution in [1.29, 1.82) is 0 Å². The number of nitrogens with one attached hydrogen (secondary N) is 1. The minimum absolute atomic E-state index is 0.152. The molecule has 1 aliphatic rings. The molecule has 1 amide bonds. The Bertz CT molecular complexity index is 1880. The monoisotopic (exact) mass is 611 g/mol. The van der Waals surface area contributed by atoms with Crippen LogP contribution in [0.25, 0.3) is 22.0 Å². The SMILES string of the molecule is Cn1cncc1C(O)(c1ccc(C(=O)NCCN2CCOCC2)cc1)c1ccc2c(c1)c(-c1cccc(Cl)c1)cc(=O)n2C. The predicted molar refractivity (Wildman–Crippen MR) is 171 cm³/mol. The summed E-state index contributed by atoms with van der Waals surface area (Å²) in [5.74, 6) is -0.174. The van der Waals surface area contributed by atoms with E-state index in [1.165, 1.54) is 0 Å². The number of halogens is 1. The van der Waals surface area contributed by atoms with Gasteiger partial charge in [0.15, 0.2) is 5.60 Å². The number of pyridine rings is 1. The molecule has 5 aromatic rings. The van der Waals surface area contributed by atoms with Crippen molar-refractivity contribution in [3.63, 3.8) is 0 Å². The second-order valence-corrected chi connectivity index (χ2v) is 11.5. The molecule has 2 aromatic heterocycles. The van der Waals surface area contributed by atoms with Gasteiger partial charge in [-0.15, -0.1) is 0 Å². The molecular weight excluding hydrogens is 578 g/mol. The number of fused-ring (bicyclic) bond motifs is 1. The molecule has 6 rings (SSSR count). The Labute approximate surface area is 260 Å². The van der Waals surface area contributed by atoms with Gasteiger partial charge in [-0.3, -0.25) is 14.5 Å². The quantitative estimate of drug-likeness (QED) is 0.276. The van der Waals surface area contributed by atoms with Crippen molar-refractivity contribution in [3.8, 4) is 11.1 Å². The molecule has 1 unspecified atom stereocenters. The molecule has 1 saturated heterocycles. The molecule has 226 valence electrons. The molecule has 9 nitrogen and oxygen atoms in total. The average molecular weight is 612 g/mol. The molecule has 0 radical (unpaired) electrons. The number of aromatic nitrogens is 3. The first-order valence-electron chi connectivity index (χ1n) is 14.5. The number of nitrogens with zero attached hydrogens (tertiary/aromatic N) is 4. The average Bonchev–Trinajstić information content (AvgIpc) is 3.49. The molecule has 3 aromatic carbocycles. The van der Waals surface area contributed by atoms with Gasteiger partial charge in [-0.1, -0.05) is 41.9 Å². The zero-order valence-corrected chi connectivity index (χ0v) is 25.4. The summed E-state index contributed by atoms with van der Waals surface area (Å²) >= 11 is 6.32. The zero-order valence-electron chi connectivity index (χ0n) is 24.7. The molecule has 0 bridgehead atoms. The van der Waals surface area contributed by atoms with E-state index < -0.39 is 5.60 Å². The van der Waals surface area contributed by atoms with Crippen LogP contribution in [0.4, 0.5) is 0 Å². The fourth-order valence-electron chi connectivity index (χ4n) is 5.87. The van der Waals surface area contributed by atoms with Crippen LogP contribution < -0.4 is 10.9 Å². The molecule has 1 atom stereocenters. The molecule has 0 aliphatic carbocycles. The van der Waals surface area contributed by atoms with Gasteiger partial charge in [0, 0.05) is 62.3 Å². The lowest BCUT2D eigenvalue weighted by Crippen LogP contribution is -2.41. The highest BCUT2D eigenvalue weighted by molar-refractivity contribution is 6.30. The first kappa shape index (κ1) is 29.8. The van der Waals surface area contributed by atoms with Gasteiger partial charge in [0.05, 0.1) is 36.9 Å². The number of ether oxygens (including phenoxy) is 1. The van der Waals surface area contributed by atoms with Gasteiger partial charge in [0.2, 0.25) is 0 Å². The number of morpholine rings is 1. The molecule has 44 heavy (non-hydrogen) atoms. The summed E-state index contributed by atoms with van der Waals surface area (Å²) in [4.78, 5) is 32.4. The van der Waals surface area contributed by atoms with E-state index in [2.05, 4.69) is 15.2 Å². The molecule has 1 fully saturated rings. The highest BCUT2D eigenvalue weighted by Crippen LogP contribution is 2.39. The number of rotatable bonds is 8. The third-order valence-corrected chi connectivity index (χ3v) is 8.60. The topological polar surface area (TPSA) is 102 Å². The second kappa shape index (κ2) is 12.4. The fraction of sp³-hybridized carbons (Fsp3) is 0.265. The highest BCUT2D eigenvalue weighted by Gasteiger charge is 2.37. The number of aliphatic hydroxyl groups is 1. The van der Waals surface area contributed by atoms with Crippen molar-refractivity contribution in [1.82, 2.24) is 24.3 Å². The Morgan fingerprint density at radius 2 is 1.77 bits per heavy atom. The molecule has 3 heterocycles. The summed E-state index contributed by atoms with van der Waals surface area (Å²) in [6.45, 7) is 4.45. The number of imidazole rings is 1. The Morgan fingerprint density at radius 3 is 2.48 bits per heavy atom. The maximum atomic E-state index is 12.9. The van der Waals surface area contributed by atoms with Gasteiger partial charge >= 0.3 is 0 Å². The van der Waals surface area contributed by atoms with Crippen LogP contribution in [0.15, 0.2) is 90.1 Å². The van der Waals surface area contributed by atoms with Crippen molar-refractivity contribution >= 4 is 28.4 Å². The fourth-order valence-corrected chi connectivity index (χ4v) is 6.06. The summed E-state index contributed by atoms with van der Waals surface area (Å²) in [6, 6.07) is 21.5. The van der Waals surface area contributed by atoms with Gasteiger partial charge in [-0.05, 0) is 58.7 Å². The van der Waals surface area contributed by atoms with E-state index >= 15 is 0 Å². The maximum Gasteiger partial charge on any atom is 0.251 e. The summed E-state index contributed by atoms with van der Waals surface area (Å²) < 4.78 is 8.75. The summed E-state index contributed by atoms with van der Waals surface area (Å²) in [6.07, 6.45) is 3.27. The third-order valence-electron chi connectivity index (χ3n) is 8.37. The van der Waals surface area contributed by atoms with Gasteiger partial charge in [-0.25, -0.2) is 4.98 Å². The molecule has 0 saturated carbocycles. The van der Waals surface area contributed by atoms with E-state index in [9.17, 15) is 14.7 Å². The predicted octanol–water partition coefficient (Wildman–Crippen LogP) is 3.94. The van der Waals surface area contributed by atoms with Gasteiger partial charge < -0.3 is 24.3 Å². The lowest BCUT2D eigenvalue weighted by molar-refractivity contribution is 0.0383. The van der Waals surface area contributed by atoms with Crippen LogP contribution in [0, 0.1) is 0 Å². The van der Waals surface area contributed by atoms with Crippen molar-refractivity contribution in [2.75, 3.05) is 39.4 Å².